The molecule has 7 nitrogen and oxygen atoms in total. The van der Waals surface area contributed by atoms with Crippen LogP contribution in [0.5, 0.6) is 11.5 Å². The number of amides is 1. The van der Waals surface area contributed by atoms with E-state index in [1.54, 1.807) is 17.7 Å². The van der Waals surface area contributed by atoms with E-state index in [0.29, 0.717) is 28.2 Å². The Kier molecular flexibility index (Phi) is 6.71. The summed E-state index contributed by atoms with van der Waals surface area (Å²) in [6, 6.07) is 13.1. The summed E-state index contributed by atoms with van der Waals surface area (Å²) in [5.41, 5.74) is 0.410. The average molecular weight is 416 g/mol. The number of carbonyl (C=O) groups is 1. The molecule has 0 radical (unpaired) electrons. The topological polar surface area (TPSA) is 78.3 Å². The highest BCUT2D eigenvalue weighted by molar-refractivity contribution is 7.99. The summed E-state index contributed by atoms with van der Waals surface area (Å²) >= 11 is 1.23. The van der Waals surface area contributed by atoms with Crippen molar-refractivity contribution >= 4 is 23.4 Å². The SMILES string of the molecule is COc1ccccc1OC(C)c1nnc(SCC(=O)Nc2cccc(F)c2)n1C. The first-order chi connectivity index (χ1) is 14.0. The molecule has 0 bridgehead atoms. The second kappa shape index (κ2) is 9.42. The van der Waals surface area contributed by atoms with Crippen LogP contribution in [0.15, 0.2) is 53.7 Å². The van der Waals surface area contributed by atoms with Crippen molar-refractivity contribution in [1.82, 2.24) is 14.8 Å². The molecule has 3 aromatic rings. The number of para-hydroxylation sites is 2. The number of rotatable bonds is 8. The third-order valence-corrected chi connectivity index (χ3v) is 5.07. The number of aromatic nitrogens is 3. The van der Waals surface area contributed by atoms with Gasteiger partial charge in [-0.3, -0.25) is 4.79 Å². The number of anilines is 1. The molecule has 29 heavy (non-hydrogen) atoms. The number of carbonyl (C=O) groups excluding carboxylic acids is 1. The van der Waals surface area contributed by atoms with Crippen LogP contribution in [0, 0.1) is 5.82 Å². The number of thioether (sulfide) groups is 1. The highest BCUT2D eigenvalue weighted by atomic mass is 32.2. The predicted octanol–water partition coefficient (Wildman–Crippen LogP) is 3.83. The van der Waals surface area contributed by atoms with Gasteiger partial charge in [-0.1, -0.05) is 30.0 Å². The van der Waals surface area contributed by atoms with Crippen LogP contribution in [0.4, 0.5) is 10.1 Å². The van der Waals surface area contributed by atoms with Gasteiger partial charge in [-0.15, -0.1) is 10.2 Å². The summed E-state index contributed by atoms with van der Waals surface area (Å²) in [6.45, 7) is 1.86. The zero-order valence-corrected chi connectivity index (χ0v) is 17.1. The number of nitrogens with zero attached hydrogens (tertiary/aromatic N) is 3. The molecule has 1 aromatic heterocycles. The summed E-state index contributed by atoms with van der Waals surface area (Å²) in [5.74, 6) is 1.30. The quantitative estimate of drug-likeness (QED) is 0.562. The second-order valence-electron chi connectivity index (χ2n) is 6.16. The van der Waals surface area contributed by atoms with E-state index in [1.165, 1.54) is 30.0 Å². The molecule has 9 heteroatoms. The Hall–Kier alpha value is -3.07. The maximum absolute atomic E-state index is 13.2. The van der Waals surface area contributed by atoms with Gasteiger partial charge in [-0.05, 0) is 37.3 Å². The molecule has 1 heterocycles. The molecule has 1 N–H and O–H groups in total. The molecule has 1 unspecified atom stereocenters. The average Bonchev–Trinajstić information content (AvgIpc) is 3.07. The van der Waals surface area contributed by atoms with Gasteiger partial charge < -0.3 is 19.4 Å². The van der Waals surface area contributed by atoms with Crippen LogP contribution < -0.4 is 14.8 Å². The second-order valence-corrected chi connectivity index (χ2v) is 7.10. The van der Waals surface area contributed by atoms with E-state index in [9.17, 15) is 9.18 Å². The molecule has 0 spiro atoms. The largest absolute Gasteiger partial charge is 0.493 e. The van der Waals surface area contributed by atoms with Gasteiger partial charge in [0, 0.05) is 12.7 Å². The van der Waals surface area contributed by atoms with Crippen LogP contribution in [0.2, 0.25) is 0 Å². The lowest BCUT2D eigenvalue weighted by Crippen LogP contribution is -2.15. The monoisotopic (exact) mass is 416 g/mol. The smallest absolute Gasteiger partial charge is 0.234 e. The summed E-state index contributed by atoms with van der Waals surface area (Å²) < 4.78 is 26.2. The van der Waals surface area contributed by atoms with Gasteiger partial charge in [-0.25, -0.2) is 4.39 Å². The minimum absolute atomic E-state index is 0.115. The summed E-state index contributed by atoms with van der Waals surface area (Å²) in [7, 11) is 3.39. The molecule has 3 rings (SSSR count). The standard InChI is InChI=1S/C20H21FN4O3S/c1-13(28-17-10-5-4-9-16(17)27-3)19-23-24-20(25(19)2)29-12-18(26)22-15-8-6-7-14(21)11-15/h4-11,13H,12H2,1-3H3,(H,22,26). The molecule has 0 saturated heterocycles. The van der Waals surface area contributed by atoms with Crippen LogP contribution in [0.3, 0.4) is 0 Å². The third-order valence-electron chi connectivity index (χ3n) is 4.05. The van der Waals surface area contributed by atoms with Crippen molar-refractivity contribution in [1.29, 1.82) is 0 Å². The maximum atomic E-state index is 13.2. The van der Waals surface area contributed by atoms with E-state index >= 15 is 0 Å². The highest BCUT2D eigenvalue weighted by Gasteiger charge is 2.19. The van der Waals surface area contributed by atoms with Crippen molar-refractivity contribution in [2.75, 3.05) is 18.2 Å². The van der Waals surface area contributed by atoms with E-state index in [-0.39, 0.29) is 17.8 Å². The summed E-state index contributed by atoms with van der Waals surface area (Å²) in [6.07, 6.45) is -0.376. The fraction of sp³-hybridized carbons (Fsp3) is 0.250. The lowest BCUT2D eigenvalue weighted by Gasteiger charge is -2.16. The van der Waals surface area contributed by atoms with Crippen LogP contribution >= 0.6 is 11.8 Å². The molecule has 0 saturated carbocycles. The van der Waals surface area contributed by atoms with Gasteiger partial charge in [0.15, 0.2) is 28.6 Å². The van der Waals surface area contributed by atoms with E-state index in [4.69, 9.17) is 9.47 Å². The normalized spacial score (nSPS) is 11.7. The Labute approximate surface area is 172 Å². The van der Waals surface area contributed by atoms with Gasteiger partial charge in [0.05, 0.1) is 12.9 Å². The van der Waals surface area contributed by atoms with Crippen molar-refractivity contribution in [2.45, 2.75) is 18.2 Å². The number of hydrogen-bond acceptors (Lipinski definition) is 6. The van der Waals surface area contributed by atoms with E-state index in [0.717, 1.165) is 0 Å². The van der Waals surface area contributed by atoms with Crippen molar-refractivity contribution < 1.29 is 18.7 Å². The number of methoxy groups -OCH3 is 1. The van der Waals surface area contributed by atoms with Crippen molar-refractivity contribution in [3.63, 3.8) is 0 Å². The first kappa shape index (κ1) is 20.7. The summed E-state index contributed by atoms with van der Waals surface area (Å²) in [4.78, 5) is 12.1. The number of benzene rings is 2. The zero-order chi connectivity index (χ0) is 20.8. The zero-order valence-electron chi connectivity index (χ0n) is 16.3. The van der Waals surface area contributed by atoms with Gasteiger partial charge in [0.1, 0.15) is 5.82 Å². The molecule has 1 amide bonds. The molecule has 2 aromatic carbocycles. The molecule has 1 atom stereocenters. The Morgan fingerprint density at radius 3 is 2.69 bits per heavy atom. The first-order valence-electron chi connectivity index (χ1n) is 8.85. The Bertz CT molecular complexity index is 995. The lowest BCUT2D eigenvalue weighted by atomic mass is 10.3. The van der Waals surface area contributed by atoms with Crippen LogP contribution in [-0.4, -0.2) is 33.5 Å². The molecule has 0 aliphatic rings. The molecular formula is C20H21FN4O3S. The Balaban J connectivity index is 1.60. The van der Waals surface area contributed by atoms with Crippen molar-refractivity contribution in [2.24, 2.45) is 7.05 Å². The molecule has 0 aliphatic heterocycles. The summed E-state index contributed by atoms with van der Waals surface area (Å²) in [5, 5.41) is 11.6. The Morgan fingerprint density at radius 2 is 1.97 bits per heavy atom. The number of nitrogens with one attached hydrogen (secondary N) is 1. The Morgan fingerprint density at radius 1 is 1.21 bits per heavy atom. The maximum Gasteiger partial charge on any atom is 0.234 e. The number of hydrogen-bond donors (Lipinski definition) is 1. The van der Waals surface area contributed by atoms with Gasteiger partial charge in [0.2, 0.25) is 5.91 Å². The fourth-order valence-electron chi connectivity index (χ4n) is 2.66. The number of ether oxygens (including phenoxy) is 2. The lowest BCUT2D eigenvalue weighted by molar-refractivity contribution is -0.113. The van der Waals surface area contributed by atoms with Gasteiger partial charge >= 0.3 is 0 Å². The van der Waals surface area contributed by atoms with E-state index in [1.807, 2.05) is 38.2 Å². The van der Waals surface area contributed by atoms with Crippen LogP contribution in [-0.2, 0) is 11.8 Å². The van der Waals surface area contributed by atoms with Gasteiger partial charge in [-0.2, -0.15) is 0 Å². The molecular weight excluding hydrogens is 395 g/mol. The van der Waals surface area contributed by atoms with E-state index < -0.39 is 5.82 Å². The predicted molar refractivity (Wildman–Crippen MR) is 109 cm³/mol. The number of halogens is 1. The molecule has 152 valence electrons. The first-order valence-corrected chi connectivity index (χ1v) is 9.83. The van der Waals surface area contributed by atoms with Crippen molar-refractivity contribution in [3.05, 3.63) is 60.2 Å². The van der Waals surface area contributed by atoms with Gasteiger partial charge in [0.25, 0.3) is 0 Å². The van der Waals surface area contributed by atoms with Crippen molar-refractivity contribution in [3.8, 4) is 11.5 Å². The third kappa shape index (κ3) is 5.26. The van der Waals surface area contributed by atoms with Crippen LogP contribution in [0.25, 0.3) is 0 Å². The van der Waals surface area contributed by atoms with E-state index in [2.05, 4.69) is 15.5 Å². The molecule has 0 fully saturated rings. The van der Waals surface area contributed by atoms with Crippen LogP contribution in [0.1, 0.15) is 18.9 Å². The fourth-order valence-corrected chi connectivity index (χ4v) is 3.38. The minimum Gasteiger partial charge on any atom is -0.493 e. The molecule has 0 aliphatic carbocycles. The minimum atomic E-state index is -0.405. The highest BCUT2D eigenvalue weighted by Crippen LogP contribution is 2.30.